The number of carbonyl (C=O) groups excluding carboxylic acids is 2. The first-order chi connectivity index (χ1) is 10.5. The lowest BCUT2D eigenvalue weighted by Crippen LogP contribution is -2.41. The zero-order valence-corrected chi connectivity index (χ0v) is 13.2. The minimum atomic E-state index is -0.673. The maximum atomic E-state index is 11.9. The molecule has 3 N–H and O–H groups in total. The number of carbonyl (C=O) groups is 2. The molecule has 0 unspecified atom stereocenters. The predicted molar refractivity (Wildman–Crippen MR) is 85.5 cm³/mol. The van der Waals surface area contributed by atoms with E-state index in [-0.39, 0.29) is 12.0 Å². The SMILES string of the molecule is Cc1ccc(NC(=O)C(=O)NC[C@@H]2CCCC[C@H]2O)cc1C. The molecule has 2 amide bonds. The molecule has 0 aromatic heterocycles. The lowest BCUT2D eigenvalue weighted by atomic mass is 9.86. The van der Waals surface area contributed by atoms with Gasteiger partial charge in [-0.05, 0) is 49.9 Å². The smallest absolute Gasteiger partial charge is 0.313 e. The van der Waals surface area contributed by atoms with Gasteiger partial charge in [0, 0.05) is 18.2 Å². The fourth-order valence-electron chi connectivity index (χ4n) is 2.74. The first-order valence-electron chi connectivity index (χ1n) is 7.82. The van der Waals surface area contributed by atoms with Crippen LogP contribution in [0.25, 0.3) is 0 Å². The van der Waals surface area contributed by atoms with Gasteiger partial charge < -0.3 is 15.7 Å². The number of aliphatic hydroxyl groups excluding tert-OH is 1. The van der Waals surface area contributed by atoms with E-state index in [1.807, 2.05) is 26.0 Å². The van der Waals surface area contributed by atoms with Gasteiger partial charge in [-0.25, -0.2) is 0 Å². The Morgan fingerprint density at radius 1 is 1.14 bits per heavy atom. The fourth-order valence-corrected chi connectivity index (χ4v) is 2.74. The molecule has 1 aromatic rings. The third-order valence-corrected chi connectivity index (χ3v) is 4.36. The molecule has 0 aliphatic heterocycles. The van der Waals surface area contributed by atoms with E-state index in [1.165, 1.54) is 0 Å². The molecule has 2 rings (SSSR count). The van der Waals surface area contributed by atoms with Gasteiger partial charge in [-0.2, -0.15) is 0 Å². The average molecular weight is 304 g/mol. The first-order valence-corrected chi connectivity index (χ1v) is 7.82. The summed E-state index contributed by atoms with van der Waals surface area (Å²) in [6.07, 6.45) is 3.37. The first kappa shape index (κ1) is 16.5. The van der Waals surface area contributed by atoms with Crippen molar-refractivity contribution in [2.75, 3.05) is 11.9 Å². The van der Waals surface area contributed by atoms with E-state index in [1.54, 1.807) is 6.07 Å². The van der Waals surface area contributed by atoms with Crippen molar-refractivity contribution < 1.29 is 14.7 Å². The molecule has 1 fully saturated rings. The Hall–Kier alpha value is -1.88. The zero-order valence-electron chi connectivity index (χ0n) is 13.2. The molecule has 5 heteroatoms. The highest BCUT2D eigenvalue weighted by Gasteiger charge is 2.24. The average Bonchev–Trinajstić information content (AvgIpc) is 2.50. The maximum Gasteiger partial charge on any atom is 0.313 e. The Balaban J connectivity index is 1.84. The second-order valence-electron chi connectivity index (χ2n) is 6.08. The number of hydrogen-bond donors (Lipinski definition) is 3. The van der Waals surface area contributed by atoms with E-state index in [0.29, 0.717) is 12.2 Å². The molecule has 0 spiro atoms. The normalized spacial score (nSPS) is 21.2. The van der Waals surface area contributed by atoms with Crippen molar-refractivity contribution in [1.82, 2.24) is 5.32 Å². The van der Waals surface area contributed by atoms with Crippen LogP contribution in [0.4, 0.5) is 5.69 Å². The Kier molecular flexibility index (Phi) is 5.55. The summed E-state index contributed by atoms with van der Waals surface area (Å²) in [5.74, 6) is -1.28. The van der Waals surface area contributed by atoms with Gasteiger partial charge in [-0.3, -0.25) is 9.59 Å². The van der Waals surface area contributed by atoms with Gasteiger partial charge in [0.1, 0.15) is 0 Å². The van der Waals surface area contributed by atoms with E-state index < -0.39 is 11.8 Å². The van der Waals surface area contributed by atoms with Crippen molar-refractivity contribution in [3.05, 3.63) is 29.3 Å². The number of benzene rings is 1. The lowest BCUT2D eigenvalue weighted by molar-refractivity contribution is -0.136. The van der Waals surface area contributed by atoms with Gasteiger partial charge in [0.2, 0.25) is 0 Å². The van der Waals surface area contributed by atoms with Crippen LogP contribution in [-0.4, -0.2) is 29.6 Å². The summed E-state index contributed by atoms with van der Waals surface area (Å²) in [4.78, 5) is 23.7. The third-order valence-electron chi connectivity index (χ3n) is 4.36. The number of amides is 2. The van der Waals surface area contributed by atoms with Crippen molar-refractivity contribution in [1.29, 1.82) is 0 Å². The van der Waals surface area contributed by atoms with Gasteiger partial charge >= 0.3 is 11.8 Å². The van der Waals surface area contributed by atoms with Crippen LogP contribution in [0.5, 0.6) is 0 Å². The number of hydrogen-bond acceptors (Lipinski definition) is 3. The van der Waals surface area contributed by atoms with Crippen LogP contribution < -0.4 is 10.6 Å². The molecular weight excluding hydrogens is 280 g/mol. The van der Waals surface area contributed by atoms with Gasteiger partial charge in [-0.15, -0.1) is 0 Å². The number of nitrogens with one attached hydrogen (secondary N) is 2. The Bertz CT molecular complexity index is 557. The molecule has 1 saturated carbocycles. The monoisotopic (exact) mass is 304 g/mol. The topological polar surface area (TPSA) is 78.4 Å². The zero-order chi connectivity index (χ0) is 16.1. The van der Waals surface area contributed by atoms with Crippen LogP contribution >= 0.6 is 0 Å². The molecule has 2 atom stereocenters. The molecule has 120 valence electrons. The van der Waals surface area contributed by atoms with E-state index >= 15 is 0 Å². The molecule has 1 aliphatic carbocycles. The van der Waals surface area contributed by atoms with E-state index in [2.05, 4.69) is 10.6 Å². The van der Waals surface area contributed by atoms with Gasteiger partial charge in [0.25, 0.3) is 0 Å². The summed E-state index contributed by atoms with van der Waals surface area (Å²) in [6.45, 7) is 4.29. The van der Waals surface area contributed by atoms with Crippen LogP contribution in [0.1, 0.15) is 36.8 Å². The van der Waals surface area contributed by atoms with Crippen LogP contribution in [0.15, 0.2) is 18.2 Å². The second-order valence-corrected chi connectivity index (χ2v) is 6.08. The van der Waals surface area contributed by atoms with Crippen molar-refractivity contribution in [2.24, 2.45) is 5.92 Å². The summed E-state index contributed by atoms with van der Waals surface area (Å²) < 4.78 is 0. The second kappa shape index (κ2) is 7.40. The van der Waals surface area contributed by atoms with Gasteiger partial charge in [-0.1, -0.05) is 18.9 Å². The summed E-state index contributed by atoms with van der Waals surface area (Å²) in [5.41, 5.74) is 2.80. The van der Waals surface area contributed by atoms with Crippen molar-refractivity contribution in [2.45, 2.75) is 45.6 Å². The third kappa shape index (κ3) is 4.31. The molecule has 1 aliphatic rings. The highest BCUT2D eigenvalue weighted by Crippen LogP contribution is 2.23. The van der Waals surface area contributed by atoms with Crippen molar-refractivity contribution >= 4 is 17.5 Å². The molecule has 1 aromatic carbocycles. The molecule has 0 radical (unpaired) electrons. The van der Waals surface area contributed by atoms with Crippen LogP contribution in [0.3, 0.4) is 0 Å². The van der Waals surface area contributed by atoms with Crippen LogP contribution in [-0.2, 0) is 9.59 Å². The molecule has 22 heavy (non-hydrogen) atoms. The molecule has 0 heterocycles. The number of anilines is 1. The summed E-state index contributed by atoms with van der Waals surface area (Å²) in [6, 6.07) is 5.52. The minimum Gasteiger partial charge on any atom is -0.393 e. The molecule has 5 nitrogen and oxygen atoms in total. The summed E-state index contributed by atoms with van der Waals surface area (Å²) in [7, 11) is 0. The van der Waals surface area contributed by atoms with Crippen LogP contribution in [0, 0.1) is 19.8 Å². The van der Waals surface area contributed by atoms with E-state index in [0.717, 1.165) is 36.8 Å². The molecule has 0 bridgehead atoms. The summed E-state index contributed by atoms with van der Waals surface area (Å²) >= 11 is 0. The summed E-state index contributed by atoms with van der Waals surface area (Å²) in [5, 5.41) is 15.1. The van der Waals surface area contributed by atoms with E-state index in [9.17, 15) is 14.7 Å². The highest BCUT2D eigenvalue weighted by atomic mass is 16.3. The van der Waals surface area contributed by atoms with Crippen molar-refractivity contribution in [3.8, 4) is 0 Å². The Morgan fingerprint density at radius 3 is 2.55 bits per heavy atom. The van der Waals surface area contributed by atoms with Crippen molar-refractivity contribution in [3.63, 3.8) is 0 Å². The van der Waals surface area contributed by atoms with Crippen LogP contribution in [0.2, 0.25) is 0 Å². The minimum absolute atomic E-state index is 0.0483. The highest BCUT2D eigenvalue weighted by molar-refractivity contribution is 6.39. The maximum absolute atomic E-state index is 11.9. The van der Waals surface area contributed by atoms with Gasteiger partial charge in [0.05, 0.1) is 6.10 Å². The predicted octanol–water partition coefficient (Wildman–Crippen LogP) is 1.91. The largest absolute Gasteiger partial charge is 0.393 e. The van der Waals surface area contributed by atoms with E-state index in [4.69, 9.17) is 0 Å². The van der Waals surface area contributed by atoms with Gasteiger partial charge in [0.15, 0.2) is 0 Å². The quantitative estimate of drug-likeness (QED) is 0.746. The number of rotatable bonds is 3. The Labute approximate surface area is 131 Å². The molecular formula is C17H24N2O3. The number of aliphatic hydroxyl groups is 1. The molecule has 0 saturated heterocycles. The number of aryl methyl sites for hydroxylation is 2. The Morgan fingerprint density at radius 2 is 1.86 bits per heavy atom. The standard InChI is InChI=1S/C17H24N2O3/c1-11-7-8-14(9-12(11)2)19-17(22)16(21)18-10-13-5-3-4-6-15(13)20/h7-9,13,15,20H,3-6,10H2,1-2H3,(H,18,21)(H,19,22)/t13-,15+/m0/s1. The fraction of sp³-hybridized carbons (Fsp3) is 0.529. The lowest BCUT2D eigenvalue weighted by Gasteiger charge is -2.27.